The molecule has 2 aromatic carbocycles. The zero-order chi connectivity index (χ0) is 23.4. The number of amides is 1. The Labute approximate surface area is 184 Å². The summed E-state index contributed by atoms with van der Waals surface area (Å²) in [6.07, 6.45) is -4.82. The van der Waals surface area contributed by atoms with Crippen molar-refractivity contribution in [3.63, 3.8) is 0 Å². The maximum Gasteiger partial charge on any atom is 0.573 e. The number of para-hydroxylation sites is 1. The van der Waals surface area contributed by atoms with Gasteiger partial charge < -0.3 is 10.1 Å². The van der Waals surface area contributed by atoms with E-state index in [1.165, 1.54) is 22.5 Å². The minimum Gasteiger partial charge on any atom is -0.405 e. The molecule has 1 fully saturated rings. The maximum atomic E-state index is 12.8. The normalized spacial score (nSPS) is 16.0. The number of sulfonamides is 1. The molecule has 3 rings (SSSR count). The number of ether oxygens (including phenoxy) is 1. The fraction of sp³-hybridized carbons (Fsp3) is 0.381. The lowest BCUT2D eigenvalue weighted by molar-refractivity contribution is -0.274. The topological polar surface area (TPSA) is 79.0 Å². The largest absolute Gasteiger partial charge is 0.573 e. The maximum absolute atomic E-state index is 12.8. The third-order valence-electron chi connectivity index (χ3n) is 5.03. The molecule has 1 saturated heterocycles. The minimum absolute atomic E-state index is 0.0146. The highest BCUT2D eigenvalue weighted by molar-refractivity contribution is 7.89. The number of benzene rings is 2. The van der Waals surface area contributed by atoms with E-state index in [2.05, 4.69) is 10.1 Å². The predicted octanol–water partition coefficient (Wildman–Crippen LogP) is 2.52. The van der Waals surface area contributed by atoms with Crippen LogP contribution in [0.2, 0.25) is 0 Å². The molecule has 1 aliphatic heterocycles. The molecule has 1 aliphatic rings. The van der Waals surface area contributed by atoms with Crippen LogP contribution in [0, 0.1) is 6.92 Å². The van der Waals surface area contributed by atoms with Gasteiger partial charge in [0.25, 0.3) is 0 Å². The van der Waals surface area contributed by atoms with Crippen molar-refractivity contribution in [2.45, 2.75) is 24.7 Å². The summed E-state index contributed by atoms with van der Waals surface area (Å²) in [4.78, 5) is 14.3. The molecule has 1 N–H and O–H groups in total. The number of hydrogen-bond acceptors (Lipinski definition) is 5. The lowest BCUT2D eigenvalue weighted by Gasteiger charge is -2.33. The van der Waals surface area contributed by atoms with Crippen molar-refractivity contribution in [1.29, 1.82) is 0 Å². The van der Waals surface area contributed by atoms with E-state index in [1.807, 2.05) is 6.92 Å². The van der Waals surface area contributed by atoms with Crippen LogP contribution in [-0.2, 0) is 21.4 Å². The van der Waals surface area contributed by atoms with Crippen molar-refractivity contribution in [3.05, 3.63) is 59.7 Å². The zero-order valence-electron chi connectivity index (χ0n) is 17.4. The number of nitrogens with one attached hydrogen (secondary N) is 1. The van der Waals surface area contributed by atoms with Crippen LogP contribution in [-0.4, -0.2) is 62.6 Å². The van der Waals surface area contributed by atoms with Crippen LogP contribution in [0.15, 0.2) is 53.4 Å². The van der Waals surface area contributed by atoms with Gasteiger partial charge in [-0.05, 0) is 25.1 Å². The highest BCUT2D eigenvalue weighted by Gasteiger charge is 2.32. The minimum atomic E-state index is -4.82. The molecule has 0 radical (unpaired) electrons. The first-order chi connectivity index (χ1) is 15.0. The van der Waals surface area contributed by atoms with Crippen molar-refractivity contribution in [2.75, 3.05) is 32.7 Å². The fourth-order valence-electron chi connectivity index (χ4n) is 3.31. The molecule has 0 saturated carbocycles. The molecule has 0 bridgehead atoms. The van der Waals surface area contributed by atoms with Crippen molar-refractivity contribution in [2.24, 2.45) is 0 Å². The van der Waals surface area contributed by atoms with Crippen LogP contribution in [0.4, 0.5) is 13.2 Å². The van der Waals surface area contributed by atoms with Crippen LogP contribution < -0.4 is 10.1 Å². The van der Waals surface area contributed by atoms with Gasteiger partial charge in [0.1, 0.15) is 5.75 Å². The van der Waals surface area contributed by atoms with Gasteiger partial charge in [-0.15, -0.1) is 13.2 Å². The fourth-order valence-corrected chi connectivity index (χ4v) is 4.74. The third kappa shape index (κ3) is 6.44. The van der Waals surface area contributed by atoms with E-state index in [4.69, 9.17) is 0 Å². The molecule has 32 heavy (non-hydrogen) atoms. The van der Waals surface area contributed by atoms with E-state index in [1.54, 1.807) is 35.2 Å². The van der Waals surface area contributed by atoms with Crippen molar-refractivity contribution in [1.82, 2.24) is 14.5 Å². The first-order valence-electron chi connectivity index (χ1n) is 9.94. The number of hydrogen-bond donors (Lipinski definition) is 1. The van der Waals surface area contributed by atoms with Gasteiger partial charge >= 0.3 is 6.36 Å². The molecule has 0 atom stereocenters. The number of carbonyl (C=O) groups excluding carboxylic acids is 1. The number of piperazine rings is 1. The second-order valence-corrected chi connectivity index (χ2v) is 9.36. The molecule has 11 heteroatoms. The lowest BCUT2D eigenvalue weighted by Crippen LogP contribution is -2.50. The van der Waals surface area contributed by atoms with Gasteiger partial charge in [0.2, 0.25) is 15.9 Å². The summed E-state index contributed by atoms with van der Waals surface area (Å²) in [5, 5.41) is 2.59. The Morgan fingerprint density at radius 1 is 1.03 bits per heavy atom. The number of nitrogens with zero attached hydrogens (tertiary/aromatic N) is 2. The van der Waals surface area contributed by atoms with Crippen molar-refractivity contribution >= 4 is 15.9 Å². The molecule has 0 spiro atoms. The molecule has 1 heterocycles. The van der Waals surface area contributed by atoms with Crippen LogP contribution in [0.1, 0.15) is 11.1 Å². The van der Waals surface area contributed by atoms with Gasteiger partial charge in [-0.2, -0.15) is 4.31 Å². The summed E-state index contributed by atoms with van der Waals surface area (Å²) in [6, 6.07) is 12.2. The van der Waals surface area contributed by atoms with Gasteiger partial charge in [-0.25, -0.2) is 8.42 Å². The molecule has 174 valence electrons. The number of carbonyl (C=O) groups is 1. The van der Waals surface area contributed by atoms with Crippen molar-refractivity contribution in [3.8, 4) is 5.75 Å². The Bertz CT molecular complexity index is 1040. The first kappa shape index (κ1) is 24.0. The van der Waals surface area contributed by atoms with E-state index < -0.39 is 16.4 Å². The van der Waals surface area contributed by atoms with Crippen LogP contribution in [0.3, 0.4) is 0 Å². The molecule has 0 aromatic heterocycles. The Balaban J connectivity index is 1.50. The number of alkyl halides is 3. The molecule has 0 aliphatic carbocycles. The molecule has 2 aromatic rings. The average Bonchev–Trinajstić information content (AvgIpc) is 2.73. The predicted molar refractivity (Wildman–Crippen MR) is 111 cm³/mol. The van der Waals surface area contributed by atoms with Gasteiger partial charge in [-0.1, -0.05) is 35.9 Å². The molecule has 7 nitrogen and oxygen atoms in total. The van der Waals surface area contributed by atoms with E-state index >= 15 is 0 Å². The monoisotopic (exact) mass is 471 g/mol. The van der Waals surface area contributed by atoms with E-state index in [-0.39, 0.29) is 48.3 Å². The van der Waals surface area contributed by atoms with Crippen LogP contribution in [0.5, 0.6) is 5.75 Å². The Hall–Kier alpha value is -2.63. The molecular formula is C21H24F3N3O4S. The summed E-state index contributed by atoms with van der Waals surface area (Å²) >= 11 is 0. The second kappa shape index (κ2) is 9.88. The number of aryl methyl sites for hydroxylation is 1. The highest BCUT2D eigenvalue weighted by atomic mass is 32.2. The van der Waals surface area contributed by atoms with E-state index in [9.17, 15) is 26.4 Å². The number of rotatable bonds is 7. The Kier molecular flexibility index (Phi) is 7.42. The molecule has 0 unspecified atom stereocenters. The van der Waals surface area contributed by atoms with Gasteiger partial charge in [0.15, 0.2) is 0 Å². The van der Waals surface area contributed by atoms with Gasteiger partial charge in [-0.3, -0.25) is 9.69 Å². The van der Waals surface area contributed by atoms with Crippen LogP contribution >= 0.6 is 0 Å². The SMILES string of the molecule is Cc1ccc(S(=O)(=O)N2CCN(CC(=O)NCc3ccccc3OC(F)(F)F)CC2)cc1. The second-order valence-electron chi connectivity index (χ2n) is 7.43. The molecule has 1 amide bonds. The lowest BCUT2D eigenvalue weighted by atomic mass is 10.2. The number of halogens is 3. The smallest absolute Gasteiger partial charge is 0.405 e. The quantitative estimate of drug-likeness (QED) is 0.672. The van der Waals surface area contributed by atoms with E-state index in [0.717, 1.165) is 5.56 Å². The van der Waals surface area contributed by atoms with E-state index in [0.29, 0.717) is 13.1 Å². The highest BCUT2D eigenvalue weighted by Crippen LogP contribution is 2.26. The summed E-state index contributed by atoms with van der Waals surface area (Å²) in [7, 11) is -3.60. The summed E-state index contributed by atoms with van der Waals surface area (Å²) in [6.45, 7) is 2.99. The van der Waals surface area contributed by atoms with Gasteiger partial charge in [0, 0.05) is 38.3 Å². The van der Waals surface area contributed by atoms with Gasteiger partial charge in [0.05, 0.1) is 11.4 Å². The summed E-state index contributed by atoms with van der Waals surface area (Å²) in [5.74, 6) is -0.739. The van der Waals surface area contributed by atoms with Crippen molar-refractivity contribution < 1.29 is 31.1 Å². The third-order valence-corrected chi connectivity index (χ3v) is 6.94. The molecular weight excluding hydrogens is 447 g/mol. The Morgan fingerprint density at radius 3 is 2.28 bits per heavy atom. The summed E-state index contributed by atoms with van der Waals surface area (Å²) in [5.41, 5.74) is 1.17. The standard InChI is InChI=1S/C21H24F3N3O4S/c1-16-6-8-18(9-7-16)32(29,30)27-12-10-26(11-13-27)15-20(28)25-14-17-4-2-3-5-19(17)31-21(22,23)24/h2-9H,10-15H2,1H3,(H,25,28). The Morgan fingerprint density at radius 2 is 1.66 bits per heavy atom. The van der Waals surface area contributed by atoms with Crippen LogP contribution in [0.25, 0.3) is 0 Å². The summed E-state index contributed by atoms with van der Waals surface area (Å²) < 4.78 is 68.4. The zero-order valence-corrected chi connectivity index (χ0v) is 18.2. The average molecular weight is 472 g/mol. The first-order valence-corrected chi connectivity index (χ1v) is 11.4.